The number of benzene rings is 3. The van der Waals surface area contributed by atoms with Crippen LogP contribution in [0.2, 0.25) is 5.02 Å². The molecule has 3 saturated heterocycles. The van der Waals surface area contributed by atoms with Gasteiger partial charge in [0.25, 0.3) is 0 Å². The van der Waals surface area contributed by atoms with Gasteiger partial charge in [0.2, 0.25) is 17.7 Å². The van der Waals surface area contributed by atoms with Crippen molar-refractivity contribution in [1.29, 1.82) is 0 Å². The van der Waals surface area contributed by atoms with Crippen LogP contribution in [0.3, 0.4) is 0 Å². The molecule has 3 fully saturated rings. The number of fused-ring (bicyclic) bond motifs is 8. The van der Waals surface area contributed by atoms with Crippen molar-refractivity contribution in [2.75, 3.05) is 16.8 Å². The highest BCUT2D eigenvalue weighted by atomic mass is 35.5. The summed E-state index contributed by atoms with van der Waals surface area (Å²) in [6.07, 6.45) is 1.67. The lowest BCUT2D eigenvalue weighted by atomic mass is 9.75. The molecular weight excluding hydrogens is 438 g/mol. The Hall–Kier alpha value is -3.22. The standard InChI is InChI=1S/C26H20ClN3O3/c27-16-8-10-19-18(13-16)26(25(33)28-19)22-21(20-6-3-11-29(20)26)23(31)30(24(22)32)17-9-7-14-4-1-2-5-15(14)12-17/h1-2,4-5,7-10,12-13,20-22H,3,6,11H2,(H,28,33)/t20-,21-,22+,26-/m1/s1. The minimum atomic E-state index is -1.20. The Balaban J connectivity index is 1.42. The average molecular weight is 458 g/mol. The third kappa shape index (κ3) is 2.25. The largest absolute Gasteiger partial charge is 0.324 e. The fourth-order valence-electron chi connectivity index (χ4n) is 6.75. The van der Waals surface area contributed by atoms with Gasteiger partial charge in [-0.3, -0.25) is 19.3 Å². The zero-order valence-electron chi connectivity index (χ0n) is 17.6. The maximum absolute atomic E-state index is 14.0. The van der Waals surface area contributed by atoms with Crippen molar-refractivity contribution in [2.45, 2.75) is 24.4 Å². The number of carbonyl (C=O) groups is 3. The molecule has 0 aromatic heterocycles. The average Bonchev–Trinajstić information content (AvgIpc) is 3.52. The molecule has 4 aliphatic heterocycles. The van der Waals surface area contributed by atoms with E-state index in [0.717, 1.165) is 23.6 Å². The molecule has 1 spiro atoms. The summed E-state index contributed by atoms with van der Waals surface area (Å²) in [5.41, 5.74) is 0.730. The number of nitrogens with zero attached hydrogens (tertiary/aromatic N) is 2. The van der Waals surface area contributed by atoms with Gasteiger partial charge in [0.05, 0.1) is 17.5 Å². The van der Waals surface area contributed by atoms with Crippen molar-refractivity contribution in [2.24, 2.45) is 11.8 Å². The summed E-state index contributed by atoms with van der Waals surface area (Å²) in [4.78, 5) is 44.9. The number of carbonyl (C=O) groups excluding carboxylic acids is 3. The van der Waals surface area contributed by atoms with Crippen LogP contribution in [0.5, 0.6) is 0 Å². The predicted molar refractivity (Wildman–Crippen MR) is 125 cm³/mol. The molecule has 0 radical (unpaired) electrons. The molecule has 33 heavy (non-hydrogen) atoms. The molecule has 0 aliphatic carbocycles. The molecule has 3 aromatic carbocycles. The Morgan fingerprint density at radius 3 is 2.61 bits per heavy atom. The first kappa shape index (κ1) is 19.3. The van der Waals surface area contributed by atoms with E-state index in [1.54, 1.807) is 18.2 Å². The minimum Gasteiger partial charge on any atom is -0.324 e. The van der Waals surface area contributed by atoms with E-state index in [9.17, 15) is 14.4 Å². The van der Waals surface area contributed by atoms with E-state index in [0.29, 0.717) is 28.5 Å². The number of hydrogen-bond acceptors (Lipinski definition) is 4. The predicted octanol–water partition coefficient (Wildman–Crippen LogP) is 3.92. The topological polar surface area (TPSA) is 69.7 Å². The Kier molecular flexibility index (Phi) is 3.75. The van der Waals surface area contributed by atoms with Crippen LogP contribution in [0.4, 0.5) is 11.4 Å². The molecule has 1 N–H and O–H groups in total. The van der Waals surface area contributed by atoms with Crippen molar-refractivity contribution in [3.8, 4) is 0 Å². The normalized spacial score (nSPS) is 30.3. The monoisotopic (exact) mass is 457 g/mol. The maximum Gasteiger partial charge on any atom is 0.250 e. The fourth-order valence-corrected chi connectivity index (χ4v) is 6.92. The first-order chi connectivity index (χ1) is 16.0. The summed E-state index contributed by atoms with van der Waals surface area (Å²) in [6.45, 7) is 0.674. The summed E-state index contributed by atoms with van der Waals surface area (Å²) in [7, 11) is 0. The number of imide groups is 1. The highest BCUT2D eigenvalue weighted by Gasteiger charge is 2.74. The van der Waals surface area contributed by atoms with Crippen LogP contribution in [0, 0.1) is 11.8 Å². The molecule has 7 heteroatoms. The Labute approximate surface area is 195 Å². The van der Waals surface area contributed by atoms with E-state index < -0.39 is 17.4 Å². The summed E-state index contributed by atoms with van der Waals surface area (Å²) in [5, 5.41) is 5.48. The van der Waals surface area contributed by atoms with E-state index in [1.807, 2.05) is 42.5 Å². The Morgan fingerprint density at radius 1 is 0.939 bits per heavy atom. The Morgan fingerprint density at radius 2 is 1.76 bits per heavy atom. The summed E-state index contributed by atoms with van der Waals surface area (Å²) < 4.78 is 0. The van der Waals surface area contributed by atoms with Crippen LogP contribution < -0.4 is 10.2 Å². The molecule has 6 nitrogen and oxygen atoms in total. The van der Waals surface area contributed by atoms with Crippen molar-refractivity contribution in [3.63, 3.8) is 0 Å². The van der Waals surface area contributed by atoms with E-state index >= 15 is 0 Å². The number of hydrogen-bond donors (Lipinski definition) is 1. The lowest BCUT2D eigenvalue weighted by molar-refractivity contribution is -0.135. The molecule has 3 aromatic rings. The van der Waals surface area contributed by atoms with Crippen LogP contribution in [0.1, 0.15) is 18.4 Å². The third-order valence-electron chi connectivity index (χ3n) is 7.95. The van der Waals surface area contributed by atoms with Gasteiger partial charge < -0.3 is 5.32 Å². The van der Waals surface area contributed by atoms with Gasteiger partial charge in [-0.05, 0) is 60.5 Å². The van der Waals surface area contributed by atoms with Crippen LogP contribution >= 0.6 is 11.6 Å². The van der Waals surface area contributed by atoms with Crippen molar-refractivity contribution in [3.05, 3.63) is 71.2 Å². The molecule has 3 amide bonds. The van der Waals surface area contributed by atoms with E-state index in [-0.39, 0.29) is 23.8 Å². The van der Waals surface area contributed by atoms with Gasteiger partial charge in [-0.2, -0.15) is 0 Å². The van der Waals surface area contributed by atoms with Gasteiger partial charge >= 0.3 is 0 Å². The lowest BCUT2D eigenvalue weighted by Gasteiger charge is -2.36. The second-order valence-corrected chi connectivity index (χ2v) is 9.80. The smallest absolute Gasteiger partial charge is 0.250 e. The number of anilines is 2. The summed E-state index contributed by atoms with van der Waals surface area (Å²) >= 11 is 6.34. The first-order valence-electron chi connectivity index (χ1n) is 11.3. The second kappa shape index (κ2) is 6.43. The molecule has 4 aliphatic rings. The zero-order valence-corrected chi connectivity index (χ0v) is 18.4. The highest BCUT2D eigenvalue weighted by molar-refractivity contribution is 6.31. The second-order valence-electron chi connectivity index (χ2n) is 9.36. The van der Waals surface area contributed by atoms with Crippen LogP contribution in [-0.2, 0) is 19.9 Å². The van der Waals surface area contributed by atoms with Crippen molar-refractivity contribution >= 4 is 51.5 Å². The molecule has 164 valence electrons. The SMILES string of the molecule is O=C1[C@@H]2[C@H]3CCCN3[C@@]3(C(=O)Nc4ccc(Cl)cc43)[C@@H]2C(=O)N1c1ccc2ccccc2c1. The van der Waals surface area contributed by atoms with Gasteiger partial charge in [0.1, 0.15) is 5.54 Å². The van der Waals surface area contributed by atoms with Gasteiger partial charge in [0, 0.05) is 22.3 Å². The molecule has 0 saturated carbocycles. The molecule has 0 unspecified atom stereocenters. The molecule has 4 heterocycles. The Bertz CT molecular complexity index is 1400. The maximum atomic E-state index is 14.0. The summed E-state index contributed by atoms with van der Waals surface area (Å²) in [6, 6.07) is 18.6. The molecular formula is C26H20ClN3O3. The molecule has 0 bridgehead atoms. The van der Waals surface area contributed by atoms with Crippen LogP contribution in [0.25, 0.3) is 10.8 Å². The van der Waals surface area contributed by atoms with Crippen LogP contribution in [0.15, 0.2) is 60.7 Å². The number of rotatable bonds is 1. The third-order valence-corrected chi connectivity index (χ3v) is 8.18. The first-order valence-corrected chi connectivity index (χ1v) is 11.6. The number of nitrogens with one attached hydrogen (secondary N) is 1. The molecule has 4 atom stereocenters. The minimum absolute atomic E-state index is 0.146. The van der Waals surface area contributed by atoms with Gasteiger partial charge in [-0.15, -0.1) is 0 Å². The van der Waals surface area contributed by atoms with Crippen LogP contribution in [-0.4, -0.2) is 35.2 Å². The van der Waals surface area contributed by atoms with E-state index in [2.05, 4.69) is 10.2 Å². The number of halogens is 1. The van der Waals surface area contributed by atoms with Gasteiger partial charge in [0.15, 0.2) is 0 Å². The summed E-state index contributed by atoms with van der Waals surface area (Å²) in [5.74, 6) is -2.08. The van der Waals surface area contributed by atoms with E-state index in [4.69, 9.17) is 11.6 Å². The van der Waals surface area contributed by atoms with Crippen molar-refractivity contribution < 1.29 is 14.4 Å². The van der Waals surface area contributed by atoms with Gasteiger partial charge in [-0.25, -0.2) is 4.90 Å². The van der Waals surface area contributed by atoms with Gasteiger partial charge in [-0.1, -0.05) is 41.9 Å². The highest BCUT2D eigenvalue weighted by Crippen LogP contribution is 2.60. The fraction of sp³-hybridized carbons (Fsp3) is 0.269. The lowest BCUT2D eigenvalue weighted by Crippen LogP contribution is -2.54. The quantitative estimate of drug-likeness (QED) is 0.562. The number of amides is 3. The van der Waals surface area contributed by atoms with E-state index in [1.165, 1.54) is 4.90 Å². The molecule has 7 rings (SSSR count). The van der Waals surface area contributed by atoms with Crippen molar-refractivity contribution in [1.82, 2.24) is 4.90 Å². The zero-order chi connectivity index (χ0) is 22.5.